The molecular weight excluding hydrogens is 409 g/mol. The van der Waals surface area contributed by atoms with Crippen molar-refractivity contribution in [3.8, 4) is 0 Å². The minimum absolute atomic E-state index is 0.0653. The molecule has 0 radical (unpaired) electrons. The molecule has 0 atom stereocenters. The van der Waals surface area contributed by atoms with Gasteiger partial charge in [-0.15, -0.1) is 0 Å². The van der Waals surface area contributed by atoms with Crippen LogP contribution in [0.25, 0.3) is 11.0 Å². The third-order valence-electron chi connectivity index (χ3n) is 4.28. The summed E-state index contributed by atoms with van der Waals surface area (Å²) in [6.07, 6.45) is 2.05. The molecule has 2 aromatic heterocycles. The van der Waals surface area contributed by atoms with E-state index in [1.807, 2.05) is 18.4 Å². The fourth-order valence-electron chi connectivity index (χ4n) is 2.84. The third-order valence-corrected chi connectivity index (χ3v) is 6.18. The number of nitrogens with one attached hydrogen (secondary N) is 1. The van der Waals surface area contributed by atoms with E-state index in [0.29, 0.717) is 35.0 Å². The zero-order valence-electron chi connectivity index (χ0n) is 14.8. The summed E-state index contributed by atoms with van der Waals surface area (Å²) in [6, 6.07) is 4.60. The van der Waals surface area contributed by atoms with Crippen molar-refractivity contribution in [3.05, 3.63) is 45.8 Å². The summed E-state index contributed by atoms with van der Waals surface area (Å²) in [5.74, 6) is 0.308. The van der Waals surface area contributed by atoms with Crippen LogP contribution in [0, 0.1) is 13.8 Å². The Hall–Kier alpha value is -2.03. The van der Waals surface area contributed by atoms with E-state index in [9.17, 15) is 8.42 Å². The molecule has 3 N–H and O–H groups in total. The van der Waals surface area contributed by atoms with Crippen LogP contribution in [0.2, 0.25) is 10.0 Å². The average molecular weight is 428 g/mol. The Bertz CT molecular complexity index is 1110. The van der Waals surface area contributed by atoms with E-state index in [2.05, 4.69) is 14.7 Å². The second-order valence-corrected chi connectivity index (χ2v) is 8.93. The topological polar surface area (TPSA) is 103 Å². The number of aromatic nitrogens is 3. The van der Waals surface area contributed by atoms with Crippen LogP contribution in [-0.4, -0.2) is 28.7 Å². The number of imidazole rings is 1. The van der Waals surface area contributed by atoms with E-state index in [1.54, 1.807) is 12.4 Å². The van der Waals surface area contributed by atoms with Crippen LogP contribution < -0.4 is 10.5 Å². The molecule has 0 aliphatic rings. The molecule has 0 unspecified atom stereocenters. The zero-order valence-corrected chi connectivity index (χ0v) is 17.2. The maximum absolute atomic E-state index is 12.3. The number of anilines is 2. The summed E-state index contributed by atoms with van der Waals surface area (Å²) in [5.41, 5.74) is 9.56. The van der Waals surface area contributed by atoms with Crippen molar-refractivity contribution in [2.24, 2.45) is 0 Å². The highest BCUT2D eigenvalue weighted by Crippen LogP contribution is 2.27. The highest BCUT2D eigenvalue weighted by atomic mass is 35.5. The molecule has 0 spiro atoms. The molecular formula is C17H19Cl2N5O2S. The van der Waals surface area contributed by atoms with Gasteiger partial charge in [0, 0.05) is 17.3 Å². The molecule has 0 aliphatic carbocycles. The van der Waals surface area contributed by atoms with E-state index in [0.717, 1.165) is 16.8 Å². The lowest BCUT2D eigenvalue weighted by Gasteiger charge is -2.11. The molecule has 27 heavy (non-hydrogen) atoms. The number of nitrogen functional groups attached to an aromatic ring is 1. The molecule has 0 bridgehead atoms. The molecule has 3 aromatic rings. The first-order valence-electron chi connectivity index (χ1n) is 8.21. The predicted molar refractivity (Wildman–Crippen MR) is 110 cm³/mol. The molecule has 3 rings (SSSR count). The van der Waals surface area contributed by atoms with Crippen LogP contribution in [0.3, 0.4) is 0 Å². The van der Waals surface area contributed by atoms with E-state index in [1.165, 1.54) is 12.1 Å². The Balaban J connectivity index is 1.71. The smallest absolute Gasteiger partial charge is 0.232 e. The Kier molecular flexibility index (Phi) is 5.50. The number of sulfonamides is 1. The average Bonchev–Trinajstić information content (AvgIpc) is 3.00. The molecule has 7 nitrogen and oxygen atoms in total. The lowest BCUT2D eigenvalue weighted by atomic mass is 10.2. The van der Waals surface area contributed by atoms with Crippen molar-refractivity contribution in [2.45, 2.75) is 26.8 Å². The highest BCUT2D eigenvalue weighted by molar-refractivity contribution is 7.92. The number of hydrogen-bond donors (Lipinski definition) is 2. The normalized spacial score (nSPS) is 11.9. The van der Waals surface area contributed by atoms with E-state index >= 15 is 0 Å². The fraction of sp³-hybridized carbons (Fsp3) is 0.294. The van der Waals surface area contributed by atoms with Gasteiger partial charge in [-0.2, -0.15) is 0 Å². The molecule has 0 saturated heterocycles. The maximum atomic E-state index is 12.3. The van der Waals surface area contributed by atoms with Crippen molar-refractivity contribution >= 4 is 55.8 Å². The first-order chi connectivity index (χ1) is 12.7. The van der Waals surface area contributed by atoms with Crippen molar-refractivity contribution in [1.29, 1.82) is 0 Å². The number of fused-ring (bicyclic) bond motifs is 1. The van der Waals surface area contributed by atoms with Gasteiger partial charge in [0.05, 0.1) is 28.3 Å². The van der Waals surface area contributed by atoms with Gasteiger partial charge in [-0.1, -0.05) is 23.2 Å². The Morgan fingerprint density at radius 1 is 1.26 bits per heavy atom. The summed E-state index contributed by atoms with van der Waals surface area (Å²) < 4.78 is 29.1. The number of pyridine rings is 1. The lowest BCUT2D eigenvalue weighted by Crippen LogP contribution is -2.18. The Morgan fingerprint density at radius 3 is 2.70 bits per heavy atom. The molecule has 1 aromatic carbocycles. The van der Waals surface area contributed by atoms with Gasteiger partial charge < -0.3 is 10.3 Å². The first kappa shape index (κ1) is 19.7. The molecule has 10 heteroatoms. The van der Waals surface area contributed by atoms with E-state index < -0.39 is 10.0 Å². The van der Waals surface area contributed by atoms with Crippen molar-refractivity contribution in [1.82, 2.24) is 14.5 Å². The number of rotatable bonds is 6. The second-order valence-electron chi connectivity index (χ2n) is 6.24. The third kappa shape index (κ3) is 4.28. The van der Waals surface area contributed by atoms with Gasteiger partial charge in [-0.3, -0.25) is 4.72 Å². The summed E-state index contributed by atoms with van der Waals surface area (Å²) in [7, 11) is -3.55. The number of hydrogen-bond acceptors (Lipinski definition) is 5. The summed E-state index contributed by atoms with van der Waals surface area (Å²) in [5, 5.41) is 0.690. The molecule has 144 valence electrons. The second kappa shape index (κ2) is 7.53. The zero-order chi connectivity index (χ0) is 19.8. The minimum Gasteiger partial charge on any atom is -0.382 e. The summed E-state index contributed by atoms with van der Waals surface area (Å²) in [4.78, 5) is 8.57. The standard InChI is InChI=1S/C17H19Cl2N5O2S/c1-10-11(2)22-17(20)15-16(10)24(9-21-15)6-3-7-27(25,26)23-14-5-4-12(18)8-13(14)19/h4-5,8-9,23H,3,6-7H2,1-2H3,(H2,20,22). The van der Waals surface area contributed by atoms with Crippen LogP contribution >= 0.6 is 23.2 Å². The minimum atomic E-state index is -3.55. The van der Waals surface area contributed by atoms with Crippen molar-refractivity contribution in [2.75, 3.05) is 16.2 Å². The van der Waals surface area contributed by atoms with E-state index in [-0.39, 0.29) is 10.8 Å². The number of halogens is 2. The molecule has 0 fully saturated rings. The lowest BCUT2D eigenvalue weighted by molar-refractivity contribution is 0.592. The van der Waals surface area contributed by atoms with Crippen molar-refractivity contribution < 1.29 is 8.42 Å². The maximum Gasteiger partial charge on any atom is 0.232 e. The molecule has 0 amide bonds. The van der Waals surface area contributed by atoms with Gasteiger partial charge in [-0.05, 0) is 44.0 Å². The van der Waals surface area contributed by atoms with Gasteiger partial charge in [0.15, 0.2) is 5.82 Å². The Labute approximate surface area is 167 Å². The number of nitrogens with two attached hydrogens (primary N) is 1. The Morgan fingerprint density at radius 2 is 2.00 bits per heavy atom. The van der Waals surface area contributed by atoms with Gasteiger partial charge in [0.25, 0.3) is 0 Å². The fourth-order valence-corrected chi connectivity index (χ4v) is 4.47. The largest absolute Gasteiger partial charge is 0.382 e. The van der Waals surface area contributed by atoms with Gasteiger partial charge in [0.1, 0.15) is 5.52 Å². The first-order valence-corrected chi connectivity index (χ1v) is 10.6. The van der Waals surface area contributed by atoms with Crippen LogP contribution in [0.1, 0.15) is 17.7 Å². The van der Waals surface area contributed by atoms with Gasteiger partial charge in [-0.25, -0.2) is 18.4 Å². The summed E-state index contributed by atoms with van der Waals surface area (Å²) >= 11 is 11.8. The van der Waals surface area contributed by atoms with Gasteiger partial charge in [0.2, 0.25) is 10.0 Å². The van der Waals surface area contributed by atoms with Crippen LogP contribution in [-0.2, 0) is 16.6 Å². The molecule has 2 heterocycles. The number of aryl methyl sites for hydroxylation is 3. The van der Waals surface area contributed by atoms with Crippen molar-refractivity contribution in [3.63, 3.8) is 0 Å². The summed E-state index contributed by atoms with van der Waals surface area (Å²) in [6.45, 7) is 4.31. The molecule has 0 aliphatic heterocycles. The highest BCUT2D eigenvalue weighted by Gasteiger charge is 2.15. The monoisotopic (exact) mass is 427 g/mol. The van der Waals surface area contributed by atoms with Gasteiger partial charge >= 0.3 is 0 Å². The molecule has 0 saturated carbocycles. The number of nitrogens with zero attached hydrogens (tertiary/aromatic N) is 3. The quantitative estimate of drug-likeness (QED) is 0.622. The predicted octanol–water partition coefficient (Wildman–Crippen LogP) is 3.77. The number of benzene rings is 1. The SMILES string of the molecule is Cc1nc(N)c2ncn(CCCS(=O)(=O)Nc3ccc(Cl)cc3Cl)c2c1C. The van der Waals surface area contributed by atoms with Crippen LogP contribution in [0.4, 0.5) is 11.5 Å². The van der Waals surface area contributed by atoms with Crippen LogP contribution in [0.15, 0.2) is 24.5 Å². The van der Waals surface area contributed by atoms with Crippen LogP contribution in [0.5, 0.6) is 0 Å². The van der Waals surface area contributed by atoms with E-state index in [4.69, 9.17) is 28.9 Å².